The van der Waals surface area contributed by atoms with Gasteiger partial charge >= 0.3 is 5.97 Å². The van der Waals surface area contributed by atoms with Crippen molar-refractivity contribution in [3.63, 3.8) is 0 Å². The van der Waals surface area contributed by atoms with Crippen LogP contribution in [0.1, 0.15) is 15.9 Å². The molecule has 0 aliphatic carbocycles. The second-order valence-corrected chi connectivity index (χ2v) is 7.72. The largest absolute Gasteiger partial charge is 0.478 e. The van der Waals surface area contributed by atoms with Crippen molar-refractivity contribution in [3.05, 3.63) is 74.7 Å². The minimum absolute atomic E-state index is 0.0623. The highest BCUT2D eigenvalue weighted by Gasteiger charge is 2.33. The summed E-state index contributed by atoms with van der Waals surface area (Å²) in [4.78, 5) is 47.4. The molecule has 0 atom stereocenters. The average Bonchev–Trinajstić information content (AvgIpc) is 2.96. The second kappa shape index (κ2) is 8.84. The third-order valence-electron chi connectivity index (χ3n) is 3.99. The zero-order valence-electron chi connectivity index (χ0n) is 15.1. The number of nitro groups is 1. The molecule has 1 fully saturated rings. The molecule has 2 aromatic carbocycles. The van der Waals surface area contributed by atoms with Gasteiger partial charge in [0, 0.05) is 17.8 Å². The zero-order chi connectivity index (χ0) is 21.8. The molecule has 0 saturated carbocycles. The van der Waals surface area contributed by atoms with E-state index >= 15 is 0 Å². The quantitative estimate of drug-likeness (QED) is 0.301. The number of benzene rings is 2. The average molecular weight is 443 g/mol. The molecule has 3 rings (SSSR count). The molecule has 1 saturated heterocycles. The SMILES string of the molecule is O=C(CN1C(=O)/C(=C/c2ccc([N+](=O)[O-])cc2)SC1=S)Nc1ccc(C(=O)O)cc1. The van der Waals surface area contributed by atoms with Crippen LogP contribution >= 0.6 is 24.0 Å². The first kappa shape index (κ1) is 21.1. The summed E-state index contributed by atoms with van der Waals surface area (Å²) in [6, 6.07) is 11.3. The van der Waals surface area contributed by atoms with Gasteiger partial charge in [0.05, 0.1) is 15.4 Å². The summed E-state index contributed by atoms with van der Waals surface area (Å²) in [5.74, 6) is -2.02. The number of carboxylic acids is 1. The number of anilines is 1. The summed E-state index contributed by atoms with van der Waals surface area (Å²) in [5.41, 5.74) is 0.995. The summed E-state index contributed by atoms with van der Waals surface area (Å²) in [6.07, 6.45) is 1.55. The predicted octanol–water partition coefficient (Wildman–Crippen LogP) is 3.13. The van der Waals surface area contributed by atoms with Gasteiger partial charge in [0.1, 0.15) is 10.9 Å². The fourth-order valence-electron chi connectivity index (χ4n) is 2.52. The summed E-state index contributed by atoms with van der Waals surface area (Å²) in [6.45, 7) is -0.303. The van der Waals surface area contributed by atoms with Gasteiger partial charge in [0.15, 0.2) is 0 Å². The normalized spacial score (nSPS) is 14.8. The molecular weight excluding hydrogens is 430 g/mol. The molecule has 1 aliphatic heterocycles. The fraction of sp³-hybridized carbons (Fsp3) is 0.0526. The number of nitrogens with zero attached hydrogens (tertiary/aromatic N) is 2. The molecule has 2 aromatic rings. The first-order chi connectivity index (χ1) is 14.2. The van der Waals surface area contributed by atoms with E-state index in [1.807, 2.05) is 0 Å². The predicted molar refractivity (Wildman–Crippen MR) is 115 cm³/mol. The molecule has 30 heavy (non-hydrogen) atoms. The standard InChI is InChI=1S/C19H13N3O6S2/c23-16(20-13-5-3-12(4-6-13)18(25)26)10-21-17(24)15(30-19(21)29)9-11-1-7-14(8-2-11)22(27)28/h1-9H,10H2,(H,20,23)(H,25,26)/b15-9-. The number of hydrogen-bond donors (Lipinski definition) is 2. The van der Waals surface area contributed by atoms with Crippen LogP contribution in [0, 0.1) is 10.1 Å². The van der Waals surface area contributed by atoms with Crippen LogP contribution in [-0.2, 0) is 9.59 Å². The van der Waals surface area contributed by atoms with Gasteiger partial charge in [-0.1, -0.05) is 24.0 Å². The van der Waals surface area contributed by atoms with E-state index in [9.17, 15) is 24.5 Å². The van der Waals surface area contributed by atoms with Crippen LogP contribution in [0.3, 0.4) is 0 Å². The molecule has 11 heteroatoms. The number of thioether (sulfide) groups is 1. The molecule has 152 valence electrons. The molecular formula is C19H13N3O6S2. The Kier molecular flexibility index (Phi) is 6.23. The monoisotopic (exact) mass is 443 g/mol. The van der Waals surface area contributed by atoms with Crippen molar-refractivity contribution in [2.45, 2.75) is 0 Å². The van der Waals surface area contributed by atoms with Gasteiger partial charge in [-0.15, -0.1) is 0 Å². The van der Waals surface area contributed by atoms with Gasteiger partial charge in [-0.3, -0.25) is 24.6 Å². The second-order valence-electron chi connectivity index (χ2n) is 6.05. The minimum atomic E-state index is -1.08. The number of nitrogens with one attached hydrogen (secondary N) is 1. The lowest BCUT2D eigenvalue weighted by Gasteiger charge is -2.14. The van der Waals surface area contributed by atoms with Crippen molar-refractivity contribution in [3.8, 4) is 0 Å². The number of amides is 2. The number of aromatic carboxylic acids is 1. The topological polar surface area (TPSA) is 130 Å². The number of carbonyl (C=O) groups is 3. The summed E-state index contributed by atoms with van der Waals surface area (Å²) >= 11 is 6.22. The number of thiocarbonyl (C=S) groups is 1. The zero-order valence-corrected chi connectivity index (χ0v) is 16.7. The molecule has 0 radical (unpaired) electrons. The Morgan fingerprint density at radius 3 is 2.37 bits per heavy atom. The Morgan fingerprint density at radius 1 is 1.17 bits per heavy atom. The molecule has 1 heterocycles. The molecule has 2 N–H and O–H groups in total. The summed E-state index contributed by atoms with van der Waals surface area (Å²) in [5, 5.41) is 22.2. The third-order valence-corrected chi connectivity index (χ3v) is 5.37. The van der Waals surface area contributed by atoms with E-state index in [1.54, 1.807) is 6.08 Å². The highest BCUT2D eigenvalue weighted by Crippen LogP contribution is 2.32. The maximum Gasteiger partial charge on any atom is 0.335 e. The van der Waals surface area contributed by atoms with Gasteiger partial charge in [0.2, 0.25) is 5.91 Å². The molecule has 0 aromatic heterocycles. The van der Waals surface area contributed by atoms with Crippen molar-refractivity contribution in [1.29, 1.82) is 0 Å². The molecule has 9 nitrogen and oxygen atoms in total. The summed E-state index contributed by atoms with van der Waals surface area (Å²) in [7, 11) is 0. The molecule has 0 spiro atoms. The van der Waals surface area contributed by atoms with Crippen molar-refractivity contribution < 1.29 is 24.4 Å². The lowest BCUT2D eigenvalue weighted by molar-refractivity contribution is -0.384. The van der Waals surface area contributed by atoms with Crippen LogP contribution < -0.4 is 5.32 Å². The van der Waals surface area contributed by atoms with E-state index in [1.165, 1.54) is 48.5 Å². The smallest absolute Gasteiger partial charge is 0.335 e. The molecule has 0 unspecified atom stereocenters. The van der Waals surface area contributed by atoms with Crippen LogP contribution in [0.15, 0.2) is 53.4 Å². The molecule has 1 aliphatic rings. The summed E-state index contributed by atoms with van der Waals surface area (Å²) < 4.78 is 0.213. The van der Waals surface area contributed by atoms with Crippen molar-refractivity contribution in [1.82, 2.24) is 4.90 Å². The van der Waals surface area contributed by atoms with Gasteiger partial charge in [-0.25, -0.2) is 4.79 Å². The highest BCUT2D eigenvalue weighted by molar-refractivity contribution is 8.26. The number of carbonyl (C=O) groups excluding carboxylic acids is 2. The lowest BCUT2D eigenvalue weighted by Crippen LogP contribution is -2.36. The van der Waals surface area contributed by atoms with Crippen LogP contribution in [0.4, 0.5) is 11.4 Å². The van der Waals surface area contributed by atoms with Crippen molar-refractivity contribution in [2.75, 3.05) is 11.9 Å². The highest BCUT2D eigenvalue weighted by atomic mass is 32.2. The van der Waals surface area contributed by atoms with Gasteiger partial charge in [0.25, 0.3) is 11.6 Å². The Morgan fingerprint density at radius 2 is 1.80 bits per heavy atom. The Balaban J connectivity index is 1.66. The van der Waals surface area contributed by atoms with Crippen LogP contribution in [0.5, 0.6) is 0 Å². The van der Waals surface area contributed by atoms with Crippen molar-refractivity contribution in [2.24, 2.45) is 0 Å². The van der Waals surface area contributed by atoms with E-state index in [4.69, 9.17) is 17.3 Å². The molecule has 2 amide bonds. The number of non-ortho nitro benzene ring substituents is 1. The van der Waals surface area contributed by atoms with Crippen LogP contribution in [0.2, 0.25) is 0 Å². The lowest BCUT2D eigenvalue weighted by atomic mass is 10.2. The Labute approximate surface area is 179 Å². The van der Waals surface area contributed by atoms with E-state index in [2.05, 4.69) is 5.32 Å². The Bertz CT molecular complexity index is 1080. The van der Waals surface area contributed by atoms with Crippen LogP contribution in [-0.4, -0.2) is 43.6 Å². The minimum Gasteiger partial charge on any atom is -0.478 e. The van der Waals surface area contributed by atoms with E-state index in [0.717, 1.165) is 16.7 Å². The van der Waals surface area contributed by atoms with Gasteiger partial charge in [-0.2, -0.15) is 0 Å². The van der Waals surface area contributed by atoms with E-state index in [-0.39, 0.29) is 22.1 Å². The Hall–Kier alpha value is -3.57. The van der Waals surface area contributed by atoms with E-state index < -0.39 is 22.7 Å². The van der Waals surface area contributed by atoms with E-state index in [0.29, 0.717) is 16.2 Å². The number of rotatable bonds is 6. The fourth-order valence-corrected chi connectivity index (χ4v) is 3.78. The third kappa shape index (κ3) is 4.88. The van der Waals surface area contributed by atoms with Gasteiger partial charge < -0.3 is 10.4 Å². The van der Waals surface area contributed by atoms with Gasteiger partial charge in [-0.05, 0) is 48.0 Å². The number of hydrogen-bond acceptors (Lipinski definition) is 7. The number of nitro benzene ring substituents is 1. The maximum atomic E-state index is 12.6. The first-order valence-electron chi connectivity index (χ1n) is 8.37. The first-order valence-corrected chi connectivity index (χ1v) is 9.60. The maximum absolute atomic E-state index is 12.6. The van der Waals surface area contributed by atoms with Crippen LogP contribution in [0.25, 0.3) is 6.08 Å². The van der Waals surface area contributed by atoms with Crippen molar-refractivity contribution >= 4 is 63.5 Å². The number of carboxylic acid groups (broad SMARTS) is 1. The molecule has 0 bridgehead atoms.